The van der Waals surface area contributed by atoms with Crippen molar-refractivity contribution in [2.75, 3.05) is 13.2 Å². The van der Waals surface area contributed by atoms with Gasteiger partial charge in [-0.15, -0.1) is 0 Å². The number of carbonyl (C=O) groups is 1. The van der Waals surface area contributed by atoms with Crippen molar-refractivity contribution < 1.29 is 19.0 Å². The first kappa shape index (κ1) is 21.4. The van der Waals surface area contributed by atoms with Crippen molar-refractivity contribution in [3.8, 4) is 5.69 Å². The molecule has 6 nitrogen and oxygen atoms in total. The van der Waals surface area contributed by atoms with Crippen LogP contribution in [0.25, 0.3) is 27.5 Å². The van der Waals surface area contributed by atoms with Crippen molar-refractivity contribution in [3.05, 3.63) is 59.2 Å². The number of aromatic amines is 1. The Labute approximate surface area is 196 Å². The largest absolute Gasteiger partial charge is 0.481 e. The van der Waals surface area contributed by atoms with Gasteiger partial charge < -0.3 is 14.4 Å². The molecule has 176 valence electrons. The van der Waals surface area contributed by atoms with Crippen LogP contribution in [-0.4, -0.2) is 39.1 Å². The average molecular weight is 462 g/mol. The number of aliphatic carboxylic acids is 1. The lowest BCUT2D eigenvalue weighted by Gasteiger charge is -2.43. The van der Waals surface area contributed by atoms with E-state index in [1.165, 1.54) is 17.3 Å². The van der Waals surface area contributed by atoms with E-state index in [-0.39, 0.29) is 17.7 Å². The van der Waals surface area contributed by atoms with Crippen LogP contribution in [0.1, 0.15) is 61.3 Å². The molecule has 1 aliphatic heterocycles. The Hall–Kier alpha value is -3.19. The maximum absolute atomic E-state index is 14.2. The third-order valence-corrected chi connectivity index (χ3v) is 7.93. The van der Waals surface area contributed by atoms with Gasteiger partial charge in [-0.2, -0.15) is 5.10 Å². The molecule has 0 amide bonds. The molecule has 34 heavy (non-hydrogen) atoms. The summed E-state index contributed by atoms with van der Waals surface area (Å²) in [6, 6.07) is 9.58. The van der Waals surface area contributed by atoms with Crippen LogP contribution < -0.4 is 0 Å². The molecule has 2 aliphatic rings. The second kappa shape index (κ2) is 7.67. The molecular formula is C27H28FN3O3. The lowest BCUT2D eigenvalue weighted by atomic mass is 9.60. The highest BCUT2D eigenvalue weighted by molar-refractivity contribution is 5.99. The molecule has 7 heteroatoms. The Morgan fingerprint density at radius 2 is 1.97 bits per heavy atom. The van der Waals surface area contributed by atoms with Gasteiger partial charge in [0.2, 0.25) is 0 Å². The van der Waals surface area contributed by atoms with Gasteiger partial charge in [-0.05, 0) is 86.9 Å². The molecule has 0 spiro atoms. The maximum Gasteiger partial charge on any atom is 0.309 e. The first-order valence-electron chi connectivity index (χ1n) is 11.9. The smallest absolute Gasteiger partial charge is 0.309 e. The second-order valence-electron chi connectivity index (χ2n) is 10.3. The molecule has 1 aliphatic carbocycles. The van der Waals surface area contributed by atoms with E-state index in [0.29, 0.717) is 31.6 Å². The number of carboxylic acids is 1. The molecular weight excluding hydrogens is 433 g/mol. The normalized spacial score (nSPS) is 23.4. The number of aromatic nitrogens is 3. The fraction of sp³-hybridized carbons (Fsp3) is 0.407. The zero-order valence-electron chi connectivity index (χ0n) is 19.4. The van der Waals surface area contributed by atoms with Gasteiger partial charge in [-0.25, -0.2) is 4.39 Å². The van der Waals surface area contributed by atoms with Gasteiger partial charge in [0.05, 0.1) is 22.6 Å². The number of nitrogens with zero attached hydrogens (tertiary/aromatic N) is 2. The molecule has 1 saturated heterocycles. The summed E-state index contributed by atoms with van der Waals surface area (Å²) >= 11 is 0. The van der Waals surface area contributed by atoms with E-state index in [2.05, 4.69) is 26.9 Å². The van der Waals surface area contributed by atoms with Crippen molar-refractivity contribution in [3.63, 3.8) is 0 Å². The van der Waals surface area contributed by atoms with Gasteiger partial charge >= 0.3 is 5.97 Å². The van der Waals surface area contributed by atoms with Crippen LogP contribution >= 0.6 is 0 Å². The molecule has 0 bridgehead atoms. The van der Waals surface area contributed by atoms with E-state index >= 15 is 0 Å². The van der Waals surface area contributed by atoms with E-state index in [1.807, 2.05) is 25.3 Å². The minimum absolute atomic E-state index is 0.157. The van der Waals surface area contributed by atoms with Gasteiger partial charge in [0.15, 0.2) is 0 Å². The van der Waals surface area contributed by atoms with Crippen molar-refractivity contribution >= 4 is 27.8 Å². The van der Waals surface area contributed by atoms with Crippen molar-refractivity contribution in [2.45, 2.75) is 51.4 Å². The SMILES string of the molecule is Cc1cc(-n2c(C3CCOCC3)c([C@H]3C[C@](C)(C(=O)O)C3)c3cc4[nH]ncc4cc32)ccc1F. The number of hydrogen-bond donors (Lipinski definition) is 2. The summed E-state index contributed by atoms with van der Waals surface area (Å²) < 4.78 is 22.2. The Kier molecular flexibility index (Phi) is 4.81. The average Bonchev–Trinajstić information content (AvgIpc) is 3.39. The molecule has 1 saturated carbocycles. The zero-order chi connectivity index (χ0) is 23.6. The number of nitrogens with one attached hydrogen (secondary N) is 1. The van der Waals surface area contributed by atoms with Crippen molar-refractivity contribution in [2.24, 2.45) is 5.41 Å². The number of rotatable bonds is 4. The van der Waals surface area contributed by atoms with E-state index in [0.717, 1.165) is 40.3 Å². The number of ether oxygens (including phenoxy) is 1. The molecule has 0 radical (unpaired) electrons. The topological polar surface area (TPSA) is 80.1 Å². The van der Waals surface area contributed by atoms with Crippen LogP contribution in [0.15, 0.2) is 36.5 Å². The molecule has 2 fully saturated rings. The Bertz CT molecular complexity index is 1420. The first-order chi connectivity index (χ1) is 16.4. The minimum atomic E-state index is -0.731. The summed E-state index contributed by atoms with van der Waals surface area (Å²) in [6.07, 6.45) is 4.86. The molecule has 2 N–H and O–H groups in total. The quantitative estimate of drug-likeness (QED) is 0.402. The fourth-order valence-corrected chi connectivity index (χ4v) is 6.02. The molecule has 0 unspecified atom stereocenters. The summed E-state index contributed by atoms with van der Waals surface area (Å²) in [4.78, 5) is 11.9. The molecule has 2 aromatic carbocycles. The van der Waals surface area contributed by atoms with Crippen molar-refractivity contribution in [1.29, 1.82) is 0 Å². The van der Waals surface area contributed by atoms with E-state index in [4.69, 9.17) is 4.74 Å². The summed E-state index contributed by atoms with van der Waals surface area (Å²) in [5.41, 5.74) is 5.31. The number of halogens is 1. The van der Waals surface area contributed by atoms with Gasteiger partial charge in [0, 0.05) is 41.3 Å². The van der Waals surface area contributed by atoms with Gasteiger partial charge in [0.25, 0.3) is 0 Å². The second-order valence-corrected chi connectivity index (χ2v) is 10.3. The van der Waals surface area contributed by atoms with Gasteiger partial charge in [-0.1, -0.05) is 0 Å². The molecule has 4 aromatic rings. The Balaban J connectivity index is 1.65. The summed E-state index contributed by atoms with van der Waals surface area (Å²) in [5, 5.41) is 19.2. The highest BCUT2D eigenvalue weighted by Gasteiger charge is 2.49. The van der Waals surface area contributed by atoms with Crippen LogP contribution in [0.3, 0.4) is 0 Å². The van der Waals surface area contributed by atoms with Crippen LogP contribution in [-0.2, 0) is 9.53 Å². The van der Waals surface area contributed by atoms with Crippen LogP contribution in [0.4, 0.5) is 4.39 Å². The number of benzene rings is 2. The number of carboxylic acid groups (broad SMARTS) is 1. The van der Waals surface area contributed by atoms with Crippen LogP contribution in [0, 0.1) is 18.2 Å². The lowest BCUT2D eigenvalue weighted by Crippen LogP contribution is -2.40. The number of H-pyrrole nitrogens is 1. The molecule has 3 heterocycles. The van der Waals surface area contributed by atoms with E-state index < -0.39 is 11.4 Å². The van der Waals surface area contributed by atoms with E-state index in [9.17, 15) is 14.3 Å². The number of aryl methyl sites for hydroxylation is 1. The first-order valence-corrected chi connectivity index (χ1v) is 11.9. The summed E-state index contributed by atoms with van der Waals surface area (Å²) in [7, 11) is 0. The zero-order valence-corrected chi connectivity index (χ0v) is 19.4. The van der Waals surface area contributed by atoms with Gasteiger partial charge in [-0.3, -0.25) is 9.89 Å². The maximum atomic E-state index is 14.2. The van der Waals surface area contributed by atoms with Crippen LogP contribution in [0.2, 0.25) is 0 Å². The fourth-order valence-electron chi connectivity index (χ4n) is 6.02. The molecule has 0 atom stereocenters. The minimum Gasteiger partial charge on any atom is -0.481 e. The monoisotopic (exact) mass is 461 g/mol. The third kappa shape index (κ3) is 3.17. The Morgan fingerprint density at radius 3 is 2.68 bits per heavy atom. The standard InChI is InChI=1S/C27H28FN3O3/c1-15-9-19(3-4-21(15)28)31-23-10-17-14-29-30-22(17)11-20(23)24(18-12-27(2,13-18)26(32)33)25(31)16-5-7-34-8-6-16/h3-4,9-11,14,16,18H,5-8,12-13H2,1-2H3,(H,29,30)(H,32,33)/t18-,27-. The summed E-state index contributed by atoms with van der Waals surface area (Å²) in [5.74, 6) is -0.508. The summed E-state index contributed by atoms with van der Waals surface area (Å²) in [6.45, 7) is 5.04. The molecule has 6 rings (SSSR count). The van der Waals surface area contributed by atoms with Gasteiger partial charge in [0.1, 0.15) is 5.82 Å². The van der Waals surface area contributed by atoms with Crippen molar-refractivity contribution in [1.82, 2.24) is 14.8 Å². The van der Waals surface area contributed by atoms with Crippen LogP contribution in [0.5, 0.6) is 0 Å². The highest BCUT2D eigenvalue weighted by atomic mass is 19.1. The Morgan fingerprint density at radius 1 is 1.21 bits per heavy atom. The molecule has 2 aromatic heterocycles. The predicted molar refractivity (Wildman–Crippen MR) is 128 cm³/mol. The number of hydrogen-bond acceptors (Lipinski definition) is 3. The third-order valence-electron chi connectivity index (χ3n) is 7.93. The van der Waals surface area contributed by atoms with E-state index in [1.54, 1.807) is 6.92 Å². The number of fused-ring (bicyclic) bond motifs is 2. The predicted octanol–water partition coefficient (Wildman–Crippen LogP) is 5.82. The highest BCUT2D eigenvalue weighted by Crippen LogP contribution is 2.55. The lowest BCUT2D eigenvalue weighted by molar-refractivity contribution is -0.154.